The van der Waals surface area contributed by atoms with Gasteiger partial charge in [0.25, 0.3) is 5.56 Å². The molecule has 0 aliphatic heterocycles. The van der Waals surface area contributed by atoms with Crippen molar-refractivity contribution in [1.29, 1.82) is 0 Å². The number of rotatable bonds is 8. The maximum absolute atomic E-state index is 12.5. The Morgan fingerprint density at radius 2 is 1.82 bits per heavy atom. The molecule has 0 saturated heterocycles. The Balaban J connectivity index is 1.47. The number of aromatic amines is 1. The molecule has 0 aliphatic rings. The summed E-state index contributed by atoms with van der Waals surface area (Å²) in [5.74, 6) is 1.13. The van der Waals surface area contributed by atoms with E-state index in [2.05, 4.69) is 66.5 Å². The highest BCUT2D eigenvalue weighted by Gasteiger charge is 2.13. The minimum Gasteiger partial charge on any atom is -0.310 e. The number of benzene rings is 2. The molecule has 9 nitrogen and oxygen atoms in total. The van der Waals surface area contributed by atoms with E-state index in [1.807, 2.05) is 24.3 Å². The summed E-state index contributed by atoms with van der Waals surface area (Å²) in [7, 11) is 0. The van der Waals surface area contributed by atoms with Crippen LogP contribution in [0.2, 0.25) is 0 Å². The number of hydrogen-bond donors (Lipinski definition) is 1. The van der Waals surface area contributed by atoms with Crippen LogP contribution in [0.4, 0.5) is 0 Å². The number of tetrazole rings is 1. The van der Waals surface area contributed by atoms with Crippen molar-refractivity contribution in [2.75, 3.05) is 0 Å². The number of fused-ring (bicyclic) bond motifs is 1. The van der Waals surface area contributed by atoms with Crippen molar-refractivity contribution in [3.05, 3.63) is 82.5 Å². The van der Waals surface area contributed by atoms with Gasteiger partial charge >= 0.3 is 0 Å². The summed E-state index contributed by atoms with van der Waals surface area (Å²) in [6.45, 7) is 2.78. The van der Waals surface area contributed by atoms with Gasteiger partial charge in [-0.25, -0.2) is 0 Å². The average Bonchev–Trinajstić information content (AvgIpc) is 3.55. The van der Waals surface area contributed by atoms with Crippen molar-refractivity contribution in [2.24, 2.45) is 0 Å². The van der Waals surface area contributed by atoms with Crippen molar-refractivity contribution in [2.45, 2.75) is 39.2 Å². The van der Waals surface area contributed by atoms with Crippen LogP contribution in [0.5, 0.6) is 0 Å². The van der Waals surface area contributed by atoms with Gasteiger partial charge in [0.2, 0.25) is 11.6 Å². The molecule has 0 fully saturated rings. The van der Waals surface area contributed by atoms with E-state index in [9.17, 15) is 4.79 Å². The van der Waals surface area contributed by atoms with E-state index >= 15 is 0 Å². The number of aryl methyl sites for hydroxylation is 1. The van der Waals surface area contributed by atoms with E-state index in [0.717, 1.165) is 53.6 Å². The van der Waals surface area contributed by atoms with Crippen LogP contribution in [-0.2, 0) is 13.0 Å². The van der Waals surface area contributed by atoms with E-state index in [-0.39, 0.29) is 5.56 Å². The number of H-pyrrole nitrogens is 1. The molecule has 166 valence electrons. The molecule has 2 aromatic carbocycles. The molecule has 1 N–H and O–H groups in total. The van der Waals surface area contributed by atoms with E-state index in [4.69, 9.17) is 0 Å². The molecule has 3 aromatic heterocycles. The van der Waals surface area contributed by atoms with Gasteiger partial charge in [-0.1, -0.05) is 68.3 Å². The smallest absolute Gasteiger partial charge is 0.275 e. The van der Waals surface area contributed by atoms with Crippen LogP contribution >= 0.6 is 0 Å². The molecule has 0 spiro atoms. The average molecular weight is 441 g/mol. The predicted octanol–water partition coefficient (Wildman–Crippen LogP) is 3.52. The van der Waals surface area contributed by atoms with Crippen molar-refractivity contribution in [1.82, 2.24) is 39.8 Å². The van der Waals surface area contributed by atoms with Gasteiger partial charge in [0.15, 0.2) is 0 Å². The first-order valence-corrected chi connectivity index (χ1v) is 11.1. The van der Waals surface area contributed by atoms with Crippen LogP contribution in [0.25, 0.3) is 28.3 Å². The third-order valence-corrected chi connectivity index (χ3v) is 5.77. The second-order valence-electron chi connectivity index (χ2n) is 7.97. The molecule has 0 amide bonds. The van der Waals surface area contributed by atoms with Gasteiger partial charge in [0.1, 0.15) is 6.33 Å². The molecule has 33 heavy (non-hydrogen) atoms. The maximum Gasteiger partial charge on any atom is 0.275 e. The summed E-state index contributed by atoms with van der Waals surface area (Å²) >= 11 is 0. The zero-order chi connectivity index (χ0) is 22.6. The molecule has 5 rings (SSSR count). The summed E-state index contributed by atoms with van der Waals surface area (Å²) in [5.41, 5.74) is 4.98. The Bertz CT molecular complexity index is 1420. The third-order valence-electron chi connectivity index (χ3n) is 5.77. The molecule has 0 saturated carbocycles. The Kier molecular flexibility index (Phi) is 5.75. The zero-order valence-corrected chi connectivity index (χ0v) is 18.3. The van der Waals surface area contributed by atoms with Crippen LogP contribution in [-0.4, -0.2) is 39.8 Å². The first kappa shape index (κ1) is 20.7. The monoisotopic (exact) mass is 440 g/mol. The van der Waals surface area contributed by atoms with Crippen molar-refractivity contribution in [3.63, 3.8) is 0 Å². The van der Waals surface area contributed by atoms with Gasteiger partial charge in [-0.05, 0) is 34.7 Å². The summed E-state index contributed by atoms with van der Waals surface area (Å²) in [6, 6.07) is 18.1. The Hall–Kier alpha value is -4.14. The van der Waals surface area contributed by atoms with Crippen LogP contribution in [0.1, 0.15) is 37.4 Å². The van der Waals surface area contributed by atoms with E-state index in [1.165, 1.54) is 10.8 Å². The lowest BCUT2D eigenvalue weighted by Gasteiger charge is -2.15. The second-order valence-corrected chi connectivity index (χ2v) is 7.97. The second kappa shape index (κ2) is 9.15. The van der Waals surface area contributed by atoms with Gasteiger partial charge in [-0.3, -0.25) is 4.79 Å². The van der Waals surface area contributed by atoms with Gasteiger partial charge in [-0.15, -0.1) is 10.2 Å². The van der Waals surface area contributed by atoms with Crippen molar-refractivity contribution in [3.8, 4) is 22.5 Å². The lowest BCUT2D eigenvalue weighted by atomic mass is 9.98. The number of aromatic nitrogens is 8. The fraction of sp³-hybridized carbons (Fsp3) is 0.250. The molecular formula is C24H24N8O. The molecule has 5 aromatic rings. The highest BCUT2D eigenvalue weighted by atomic mass is 16.1. The first-order chi connectivity index (χ1) is 16.2. The highest BCUT2D eigenvalue weighted by molar-refractivity contribution is 5.80. The summed E-state index contributed by atoms with van der Waals surface area (Å²) < 4.78 is 3.45. The molecule has 0 bridgehead atoms. The zero-order valence-electron chi connectivity index (χ0n) is 18.3. The van der Waals surface area contributed by atoms with E-state index < -0.39 is 0 Å². The SMILES string of the molecule is CCCCCc1cc(=O)n2ncnc2n1Cc1ccc(-c2ccccc2-c2nn[nH]n2)cc1. The van der Waals surface area contributed by atoms with Crippen LogP contribution < -0.4 is 5.56 Å². The summed E-state index contributed by atoms with van der Waals surface area (Å²) in [5, 5.41) is 18.5. The lowest BCUT2D eigenvalue weighted by Crippen LogP contribution is -2.22. The lowest BCUT2D eigenvalue weighted by molar-refractivity contribution is 0.650. The van der Waals surface area contributed by atoms with E-state index in [0.29, 0.717) is 18.1 Å². The highest BCUT2D eigenvalue weighted by Crippen LogP contribution is 2.29. The van der Waals surface area contributed by atoms with Gasteiger partial charge < -0.3 is 4.57 Å². The molecule has 0 radical (unpaired) electrons. The topological polar surface area (TPSA) is 107 Å². The minimum absolute atomic E-state index is 0.140. The standard InChI is InChI=1S/C24H24N8O/c1-2-3-4-7-19-14-22(33)32-24(25-16-26-32)31(19)15-17-10-12-18(13-11-17)20-8-5-6-9-21(20)23-27-29-30-28-23/h5-6,8-14,16H,2-4,7,15H2,1H3,(H,27,28,29,30). The van der Waals surface area contributed by atoms with Gasteiger partial charge in [-0.2, -0.15) is 19.8 Å². The fourth-order valence-electron chi connectivity index (χ4n) is 4.10. The molecule has 9 heteroatoms. The van der Waals surface area contributed by atoms with Crippen LogP contribution in [0, 0.1) is 0 Å². The minimum atomic E-state index is -0.140. The summed E-state index contributed by atoms with van der Waals surface area (Å²) in [4.78, 5) is 16.8. The Labute approximate surface area is 190 Å². The van der Waals surface area contributed by atoms with Gasteiger partial charge in [0, 0.05) is 17.3 Å². The van der Waals surface area contributed by atoms with Crippen molar-refractivity contribution < 1.29 is 0 Å². The largest absolute Gasteiger partial charge is 0.310 e. The maximum atomic E-state index is 12.5. The Morgan fingerprint density at radius 1 is 1.00 bits per heavy atom. The molecule has 3 heterocycles. The number of nitrogens with one attached hydrogen (secondary N) is 1. The molecule has 0 unspecified atom stereocenters. The Morgan fingerprint density at radius 3 is 2.58 bits per heavy atom. The molecule has 0 aliphatic carbocycles. The molecular weight excluding hydrogens is 416 g/mol. The predicted molar refractivity (Wildman–Crippen MR) is 125 cm³/mol. The number of unbranched alkanes of at least 4 members (excludes halogenated alkanes) is 2. The number of hydrogen-bond acceptors (Lipinski definition) is 6. The summed E-state index contributed by atoms with van der Waals surface area (Å²) in [6.07, 6.45) is 5.56. The van der Waals surface area contributed by atoms with Gasteiger partial charge in [0.05, 0.1) is 6.54 Å². The van der Waals surface area contributed by atoms with E-state index in [1.54, 1.807) is 6.07 Å². The first-order valence-electron chi connectivity index (χ1n) is 11.1. The third kappa shape index (κ3) is 4.17. The normalized spacial score (nSPS) is 11.3. The molecule has 0 atom stereocenters. The van der Waals surface area contributed by atoms with Crippen LogP contribution in [0.3, 0.4) is 0 Å². The quantitative estimate of drug-likeness (QED) is 0.370. The van der Waals surface area contributed by atoms with Crippen LogP contribution in [0.15, 0.2) is 65.7 Å². The fourth-order valence-corrected chi connectivity index (χ4v) is 4.10. The number of nitrogens with zero attached hydrogens (tertiary/aromatic N) is 7. The van der Waals surface area contributed by atoms with Crippen molar-refractivity contribution >= 4 is 5.78 Å².